The standard InChI is InChI=1S/C23H35NO2/c1-15(2)18-10-12-22(3)17-9-8-16-6-5-7-19(16)23(22,21(18)24-14-17)13-11-20(25)26-4/h7,14-18,21H,5-6,8-13H2,1-4H3/t16-,17-,18-,21-,22+,23+/m1/s1. The van der Waals surface area contributed by atoms with Crippen LogP contribution in [-0.2, 0) is 9.53 Å². The summed E-state index contributed by atoms with van der Waals surface area (Å²) in [6.45, 7) is 7.26. The Labute approximate surface area is 158 Å². The van der Waals surface area contributed by atoms with Crippen molar-refractivity contribution in [3.63, 3.8) is 0 Å². The van der Waals surface area contributed by atoms with Crippen LogP contribution in [0.2, 0.25) is 0 Å². The topological polar surface area (TPSA) is 38.7 Å². The Morgan fingerprint density at radius 3 is 2.85 bits per heavy atom. The van der Waals surface area contributed by atoms with Crippen molar-refractivity contribution in [1.29, 1.82) is 0 Å². The normalized spacial score (nSPS) is 43.7. The third-order valence-electron chi connectivity index (χ3n) is 8.64. The number of esters is 1. The molecular weight excluding hydrogens is 322 g/mol. The summed E-state index contributed by atoms with van der Waals surface area (Å²) in [5.41, 5.74) is 1.98. The molecule has 1 heterocycles. The van der Waals surface area contributed by atoms with Gasteiger partial charge in [-0.05, 0) is 68.1 Å². The van der Waals surface area contributed by atoms with Crippen molar-refractivity contribution in [2.75, 3.05) is 7.11 Å². The number of carbonyl (C=O) groups is 1. The van der Waals surface area contributed by atoms with Gasteiger partial charge < -0.3 is 4.74 Å². The fourth-order valence-corrected chi connectivity index (χ4v) is 7.23. The second kappa shape index (κ2) is 6.49. The zero-order valence-corrected chi connectivity index (χ0v) is 17.0. The molecule has 26 heavy (non-hydrogen) atoms. The van der Waals surface area contributed by atoms with Gasteiger partial charge in [0.15, 0.2) is 0 Å². The van der Waals surface area contributed by atoms with Crippen LogP contribution in [0.3, 0.4) is 0 Å². The number of allylic oxidation sites excluding steroid dienone is 1. The highest BCUT2D eigenvalue weighted by Gasteiger charge is 2.65. The number of nitrogens with zero attached hydrogens (tertiary/aromatic N) is 1. The molecule has 3 aliphatic carbocycles. The largest absolute Gasteiger partial charge is 0.469 e. The Hall–Kier alpha value is -1.12. The smallest absolute Gasteiger partial charge is 0.305 e. The SMILES string of the molecule is COC(=O)CC[C@]12C3=CCC[C@@H]3CC[C@@H]3C=N[C@@H]1[C@@H](C(C)C)CC[C@@]32C. The van der Waals surface area contributed by atoms with E-state index < -0.39 is 0 Å². The van der Waals surface area contributed by atoms with Gasteiger partial charge >= 0.3 is 5.97 Å². The van der Waals surface area contributed by atoms with Crippen LogP contribution in [0.15, 0.2) is 16.6 Å². The molecule has 0 saturated heterocycles. The lowest BCUT2D eigenvalue weighted by atomic mass is 9.43. The molecule has 0 amide bonds. The quantitative estimate of drug-likeness (QED) is 0.512. The summed E-state index contributed by atoms with van der Waals surface area (Å²) in [7, 11) is 1.52. The zero-order chi connectivity index (χ0) is 18.5. The highest BCUT2D eigenvalue weighted by atomic mass is 16.5. The van der Waals surface area contributed by atoms with Gasteiger partial charge in [0, 0.05) is 24.0 Å². The minimum absolute atomic E-state index is 0.0610. The summed E-state index contributed by atoms with van der Waals surface area (Å²) in [6, 6.07) is 0.340. The summed E-state index contributed by atoms with van der Waals surface area (Å²) >= 11 is 0. The third kappa shape index (κ3) is 2.38. The summed E-state index contributed by atoms with van der Waals surface area (Å²) in [6.07, 6.45) is 14.0. The predicted octanol–water partition coefficient (Wildman–Crippen LogP) is 5.20. The first kappa shape index (κ1) is 18.3. The lowest BCUT2D eigenvalue weighted by Gasteiger charge is -2.63. The second-order valence-electron chi connectivity index (χ2n) is 9.77. The minimum atomic E-state index is -0.0624. The number of hydrogen-bond donors (Lipinski definition) is 0. The molecule has 0 radical (unpaired) electrons. The van der Waals surface area contributed by atoms with E-state index >= 15 is 0 Å². The highest BCUT2D eigenvalue weighted by Crippen LogP contribution is 2.69. The van der Waals surface area contributed by atoms with E-state index in [1.807, 2.05) is 0 Å². The first-order chi connectivity index (χ1) is 12.4. The summed E-state index contributed by atoms with van der Waals surface area (Å²) in [5.74, 6) is 2.48. The molecule has 4 aliphatic rings. The molecule has 4 rings (SSSR count). The number of carbonyl (C=O) groups excluding carboxylic acids is 1. The molecule has 0 spiro atoms. The van der Waals surface area contributed by atoms with Gasteiger partial charge in [0.1, 0.15) is 0 Å². The number of rotatable bonds is 4. The van der Waals surface area contributed by atoms with E-state index in [0.717, 1.165) is 6.42 Å². The molecule has 3 nitrogen and oxygen atoms in total. The lowest BCUT2D eigenvalue weighted by Crippen LogP contribution is -2.61. The van der Waals surface area contributed by atoms with Crippen molar-refractivity contribution in [1.82, 2.24) is 0 Å². The van der Waals surface area contributed by atoms with Gasteiger partial charge in [-0.2, -0.15) is 0 Å². The summed E-state index contributed by atoms with van der Waals surface area (Å²) in [5, 5.41) is 0. The number of aliphatic imine (C=N–C) groups is 1. The van der Waals surface area contributed by atoms with E-state index in [2.05, 4.69) is 33.1 Å². The Kier molecular flexibility index (Phi) is 4.56. The van der Waals surface area contributed by atoms with Crippen LogP contribution in [-0.4, -0.2) is 25.3 Å². The van der Waals surface area contributed by atoms with Crippen LogP contribution >= 0.6 is 0 Å². The van der Waals surface area contributed by atoms with Crippen LogP contribution in [0.4, 0.5) is 0 Å². The van der Waals surface area contributed by atoms with Crippen LogP contribution in [0.5, 0.6) is 0 Å². The molecule has 3 heteroatoms. The Bertz CT molecular complexity index is 636. The number of hydrogen-bond acceptors (Lipinski definition) is 3. The van der Waals surface area contributed by atoms with E-state index in [1.54, 1.807) is 5.57 Å². The van der Waals surface area contributed by atoms with Gasteiger partial charge in [0.25, 0.3) is 0 Å². The van der Waals surface area contributed by atoms with Gasteiger partial charge in [0.05, 0.1) is 13.2 Å². The molecule has 0 N–H and O–H groups in total. The van der Waals surface area contributed by atoms with Gasteiger partial charge in [-0.1, -0.05) is 32.4 Å². The molecule has 0 aromatic heterocycles. The van der Waals surface area contributed by atoms with Gasteiger partial charge in [0.2, 0.25) is 0 Å². The fraction of sp³-hybridized carbons (Fsp3) is 0.826. The zero-order valence-electron chi connectivity index (χ0n) is 17.0. The second-order valence-corrected chi connectivity index (χ2v) is 9.77. The van der Waals surface area contributed by atoms with Crippen molar-refractivity contribution in [2.24, 2.45) is 39.5 Å². The van der Waals surface area contributed by atoms with Crippen LogP contribution < -0.4 is 0 Å². The molecule has 0 aromatic rings. The van der Waals surface area contributed by atoms with Crippen molar-refractivity contribution in [3.05, 3.63) is 11.6 Å². The summed E-state index contributed by atoms with van der Waals surface area (Å²) < 4.78 is 5.05. The number of methoxy groups -OCH3 is 1. The van der Waals surface area contributed by atoms with Gasteiger partial charge in [-0.25, -0.2) is 0 Å². The van der Waals surface area contributed by atoms with Crippen LogP contribution in [0.25, 0.3) is 0 Å². The first-order valence-corrected chi connectivity index (χ1v) is 10.7. The summed E-state index contributed by atoms with van der Waals surface area (Å²) in [4.78, 5) is 17.4. The van der Waals surface area contributed by atoms with Crippen LogP contribution in [0, 0.1) is 34.5 Å². The molecule has 2 fully saturated rings. The van der Waals surface area contributed by atoms with Crippen molar-refractivity contribution in [3.8, 4) is 0 Å². The molecule has 6 atom stereocenters. The minimum Gasteiger partial charge on any atom is -0.469 e. The first-order valence-electron chi connectivity index (χ1n) is 10.7. The van der Waals surface area contributed by atoms with E-state index in [0.29, 0.717) is 36.1 Å². The number of ether oxygens (including phenoxy) is 1. The maximum atomic E-state index is 12.1. The average Bonchev–Trinajstić information content (AvgIpc) is 3.06. The molecule has 0 aromatic carbocycles. The van der Waals surface area contributed by atoms with E-state index in [-0.39, 0.29) is 16.8 Å². The predicted molar refractivity (Wildman–Crippen MR) is 105 cm³/mol. The third-order valence-corrected chi connectivity index (χ3v) is 8.64. The maximum absolute atomic E-state index is 12.1. The Balaban J connectivity index is 1.86. The molecule has 2 saturated carbocycles. The molecular formula is C23H35NO2. The fourth-order valence-electron chi connectivity index (χ4n) is 7.23. The van der Waals surface area contributed by atoms with Gasteiger partial charge in [-0.15, -0.1) is 0 Å². The lowest BCUT2D eigenvalue weighted by molar-refractivity contribution is -0.143. The average molecular weight is 358 g/mol. The van der Waals surface area contributed by atoms with Gasteiger partial charge in [-0.3, -0.25) is 9.79 Å². The van der Waals surface area contributed by atoms with Crippen LogP contribution in [0.1, 0.15) is 72.1 Å². The van der Waals surface area contributed by atoms with Crippen molar-refractivity contribution >= 4 is 12.2 Å². The monoisotopic (exact) mass is 357 g/mol. The molecule has 4 bridgehead atoms. The molecule has 144 valence electrons. The molecule has 1 aliphatic heterocycles. The Morgan fingerprint density at radius 1 is 1.31 bits per heavy atom. The maximum Gasteiger partial charge on any atom is 0.305 e. The van der Waals surface area contributed by atoms with E-state index in [9.17, 15) is 4.79 Å². The van der Waals surface area contributed by atoms with E-state index in [4.69, 9.17) is 9.73 Å². The Morgan fingerprint density at radius 2 is 2.12 bits per heavy atom. The molecule has 0 unspecified atom stereocenters. The van der Waals surface area contributed by atoms with Crippen molar-refractivity contribution < 1.29 is 9.53 Å². The van der Waals surface area contributed by atoms with Crippen molar-refractivity contribution in [2.45, 2.75) is 78.2 Å². The van der Waals surface area contributed by atoms with E-state index in [1.165, 1.54) is 45.6 Å². The number of fused-ring (bicyclic) bond motifs is 1. The highest BCUT2D eigenvalue weighted by molar-refractivity contribution is 5.70.